The van der Waals surface area contributed by atoms with Gasteiger partial charge >= 0.3 is 5.97 Å². The van der Waals surface area contributed by atoms with Gasteiger partial charge in [-0.05, 0) is 12.2 Å². The van der Waals surface area contributed by atoms with Crippen molar-refractivity contribution in [3.8, 4) is 0 Å². The maximum atomic E-state index is 12.0. The molecule has 0 aromatic rings. The molecule has 0 heterocycles. The molecule has 1 amide bonds. The lowest BCUT2D eigenvalue weighted by molar-refractivity contribution is -0.141. The highest BCUT2D eigenvalue weighted by atomic mass is 32.2. The molecule has 0 aromatic carbocycles. The van der Waals surface area contributed by atoms with Gasteiger partial charge in [-0.15, -0.1) is 10.0 Å². The van der Waals surface area contributed by atoms with Crippen molar-refractivity contribution in [1.82, 2.24) is 5.54 Å². The Morgan fingerprint density at radius 3 is 2.60 bits per heavy atom. The Hall–Kier alpha value is -0.820. The van der Waals surface area contributed by atoms with E-state index in [2.05, 4.69) is 0 Å². The second-order valence-electron chi connectivity index (χ2n) is 3.17. The van der Waals surface area contributed by atoms with Crippen LogP contribution < -0.4 is 11.3 Å². The van der Waals surface area contributed by atoms with Gasteiger partial charge in [0.05, 0.1) is 5.92 Å². The summed E-state index contributed by atoms with van der Waals surface area (Å²) in [6.07, 6.45) is 0.484. The number of nitrogens with two attached hydrogens (primary N) is 1. The van der Waals surface area contributed by atoms with Crippen molar-refractivity contribution in [2.75, 3.05) is 11.5 Å². The van der Waals surface area contributed by atoms with Crippen molar-refractivity contribution in [3.63, 3.8) is 0 Å². The average Bonchev–Trinajstić information content (AvgIpc) is 2.16. The van der Waals surface area contributed by atoms with E-state index in [0.29, 0.717) is 12.2 Å². The SMILES string of the molecule is CC(CCSCC(NF)C(N)=O)C(=O)O. The molecule has 2 unspecified atom stereocenters. The Morgan fingerprint density at radius 2 is 2.20 bits per heavy atom. The summed E-state index contributed by atoms with van der Waals surface area (Å²) in [5.41, 5.74) is 6.19. The Balaban J connectivity index is 3.61. The van der Waals surface area contributed by atoms with Crippen LogP contribution >= 0.6 is 11.8 Å². The molecule has 0 aromatic heterocycles. The lowest BCUT2D eigenvalue weighted by Gasteiger charge is -2.09. The molecule has 0 rings (SSSR count). The first kappa shape index (κ1) is 14.2. The molecule has 0 saturated heterocycles. The monoisotopic (exact) mass is 238 g/mol. The second-order valence-corrected chi connectivity index (χ2v) is 4.32. The summed E-state index contributed by atoms with van der Waals surface area (Å²) in [6, 6.07) is -1.00. The van der Waals surface area contributed by atoms with Crippen LogP contribution in [0.1, 0.15) is 13.3 Å². The van der Waals surface area contributed by atoms with Gasteiger partial charge < -0.3 is 10.8 Å². The van der Waals surface area contributed by atoms with E-state index in [1.165, 1.54) is 17.3 Å². The number of aliphatic carboxylic acids is 1. The summed E-state index contributed by atoms with van der Waals surface area (Å²) in [6.45, 7) is 1.60. The predicted octanol–water partition coefficient (Wildman–Crippen LogP) is 0.158. The summed E-state index contributed by atoms with van der Waals surface area (Å²) in [5, 5.41) is 8.57. The van der Waals surface area contributed by atoms with Crippen LogP contribution in [0.3, 0.4) is 0 Å². The highest BCUT2D eigenvalue weighted by molar-refractivity contribution is 7.99. The summed E-state index contributed by atoms with van der Waals surface area (Å²) < 4.78 is 12.0. The van der Waals surface area contributed by atoms with E-state index in [-0.39, 0.29) is 5.75 Å². The fourth-order valence-corrected chi connectivity index (χ4v) is 1.90. The molecule has 0 aliphatic carbocycles. The molecule has 0 fully saturated rings. The zero-order valence-electron chi connectivity index (χ0n) is 8.40. The number of hydrogen-bond acceptors (Lipinski definition) is 4. The number of nitrogens with one attached hydrogen (secondary N) is 1. The third kappa shape index (κ3) is 6.29. The third-order valence-corrected chi connectivity index (χ3v) is 2.97. The number of carboxylic acid groups (broad SMARTS) is 1. The normalized spacial score (nSPS) is 14.5. The first-order chi connectivity index (χ1) is 6.99. The highest BCUT2D eigenvalue weighted by Gasteiger charge is 2.15. The molecule has 0 radical (unpaired) electrons. The van der Waals surface area contributed by atoms with Crippen LogP contribution in [0.25, 0.3) is 0 Å². The fourth-order valence-electron chi connectivity index (χ4n) is 0.752. The number of carbonyl (C=O) groups is 2. The first-order valence-electron chi connectivity index (χ1n) is 4.45. The molecule has 0 spiro atoms. The lowest BCUT2D eigenvalue weighted by Crippen LogP contribution is -2.39. The van der Waals surface area contributed by atoms with E-state index in [1.54, 1.807) is 6.92 Å². The Kier molecular flexibility index (Phi) is 7.06. The van der Waals surface area contributed by atoms with Crippen LogP contribution in [0.2, 0.25) is 0 Å². The van der Waals surface area contributed by atoms with Gasteiger partial charge in [0, 0.05) is 5.75 Å². The van der Waals surface area contributed by atoms with Gasteiger partial charge in [0.25, 0.3) is 0 Å². The van der Waals surface area contributed by atoms with E-state index in [9.17, 15) is 14.1 Å². The average molecular weight is 238 g/mol. The minimum atomic E-state index is -1.00. The van der Waals surface area contributed by atoms with Crippen LogP contribution in [0.15, 0.2) is 0 Å². The Morgan fingerprint density at radius 1 is 1.60 bits per heavy atom. The maximum absolute atomic E-state index is 12.0. The number of halogens is 1. The first-order valence-corrected chi connectivity index (χ1v) is 5.60. The number of rotatable bonds is 8. The molecular weight excluding hydrogens is 223 g/mol. The van der Waals surface area contributed by atoms with Gasteiger partial charge in [-0.3, -0.25) is 9.59 Å². The van der Waals surface area contributed by atoms with Crippen molar-refractivity contribution in [3.05, 3.63) is 0 Å². The topological polar surface area (TPSA) is 92.4 Å². The number of hydrogen-bond donors (Lipinski definition) is 3. The lowest BCUT2D eigenvalue weighted by atomic mass is 10.1. The molecule has 15 heavy (non-hydrogen) atoms. The summed E-state index contributed by atoms with van der Waals surface area (Å²) in [5.74, 6) is -1.28. The van der Waals surface area contributed by atoms with Gasteiger partial charge in [-0.25, -0.2) is 0 Å². The zero-order valence-corrected chi connectivity index (χ0v) is 9.22. The van der Waals surface area contributed by atoms with Crippen LogP contribution in [-0.2, 0) is 9.59 Å². The summed E-state index contributed by atoms with van der Waals surface area (Å²) >= 11 is 1.29. The second kappa shape index (κ2) is 7.47. The van der Waals surface area contributed by atoms with Gasteiger partial charge in [0.1, 0.15) is 6.04 Å². The molecule has 0 saturated carbocycles. The van der Waals surface area contributed by atoms with Gasteiger partial charge in [0.15, 0.2) is 0 Å². The Labute approximate surface area is 91.5 Å². The molecule has 2 atom stereocenters. The van der Waals surface area contributed by atoms with Gasteiger partial charge in [0.2, 0.25) is 5.91 Å². The summed E-state index contributed by atoms with van der Waals surface area (Å²) in [4.78, 5) is 21.0. The number of primary amides is 1. The highest BCUT2D eigenvalue weighted by Crippen LogP contribution is 2.10. The number of amides is 1. The van der Waals surface area contributed by atoms with Gasteiger partial charge in [-0.1, -0.05) is 6.92 Å². The smallest absolute Gasteiger partial charge is 0.306 e. The van der Waals surface area contributed by atoms with Crippen molar-refractivity contribution in [2.45, 2.75) is 19.4 Å². The maximum Gasteiger partial charge on any atom is 0.306 e. The minimum absolute atomic E-state index is 0.207. The van der Waals surface area contributed by atoms with E-state index < -0.39 is 23.8 Å². The quantitative estimate of drug-likeness (QED) is 0.414. The molecular formula is C8H15FN2O3S. The Bertz CT molecular complexity index is 228. The zero-order chi connectivity index (χ0) is 11.8. The fraction of sp³-hybridized carbons (Fsp3) is 0.750. The van der Waals surface area contributed by atoms with Crippen LogP contribution in [-0.4, -0.2) is 34.5 Å². The molecule has 5 nitrogen and oxygen atoms in total. The predicted molar refractivity (Wildman–Crippen MR) is 56.0 cm³/mol. The standard InChI is InChI=1S/C8H15FN2O3S/c1-5(8(13)14)2-3-15-4-6(11-9)7(10)12/h5-6,11H,2-4H2,1H3,(H2,10,12)(H,13,14). The minimum Gasteiger partial charge on any atom is -0.481 e. The number of carbonyl (C=O) groups excluding carboxylic acids is 1. The van der Waals surface area contributed by atoms with Crippen LogP contribution in [0.4, 0.5) is 4.48 Å². The van der Waals surface area contributed by atoms with E-state index in [0.717, 1.165) is 0 Å². The van der Waals surface area contributed by atoms with E-state index >= 15 is 0 Å². The van der Waals surface area contributed by atoms with Gasteiger partial charge in [-0.2, -0.15) is 11.8 Å². The van der Waals surface area contributed by atoms with Crippen molar-refractivity contribution in [1.29, 1.82) is 0 Å². The molecule has 88 valence electrons. The van der Waals surface area contributed by atoms with E-state index in [1.807, 2.05) is 0 Å². The number of carboxylic acids is 1. The molecule has 4 N–H and O–H groups in total. The summed E-state index contributed by atoms with van der Waals surface area (Å²) in [7, 11) is 0. The molecule has 0 aliphatic rings. The molecule has 0 aliphatic heterocycles. The largest absolute Gasteiger partial charge is 0.481 e. The van der Waals surface area contributed by atoms with Crippen molar-refractivity contribution in [2.24, 2.45) is 11.7 Å². The van der Waals surface area contributed by atoms with Crippen molar-refractivity contribution >= 4 is 23.6 Å². The van der Waals surface area contributed by atoms with Crippen molar-refractivity contribution < 1.29 is 19.2 Å². The third-order valence-electron chi connectivity index (χ3n) is 1.88. The molecule has 0 bridgehead atoms. The van der Waals surface area contributed by atoms with Crippen LogP contribution in [0, 0.1) is 5.92 Å². The van der Waals surface area contributed by atoms with E-state index in [4.69, 9.17) is 10.8 Å². The number of thioether (sulfide) groups is 1. The molecule has 7 heteroatoms. The van der Waals surface area contributed by atoms with Crippen LogP contribution in [0.5, 0.6) is 0 Å².